The number of amides is 1. The molecule has 0 aromatic carbocycles. The average Bonchev–Trinajstić information content (AvgIpc) is 3.08. The zero-order valence-electron chi connectivity index (χ0n) is 12.6. The molecular formula is C14H18N6O2. The van der Waals surface area contributed by atoms with Crippen molar-refractivity contribution in [1.82, 2.24) is 25.1 Å². The van der Waals surface area contributed by atoms with Crippen LogP contribution >= 0.6 is 0 Å². The van der Waals surface area contributed by atoms with E-state index in [0.717, 1.165) is 11.5 Å². The van der Waals surface area contributed by atoms with E-state index in [4.69, 9.17) is 4.74 Å². The Hall–Kier alpha value is -2.48. The number of rotatable bonds is 3. The summed E-state index contributed by atoms with van der Waals surface area (Å²) >= 11 is 0. The summed E-state index contributed by atoms with van der Waals surface area (Å²) in [6.45, 7) is 1.46. The van der Waals surface area contributed by atoms with E-state index in [1.807, 2.05) is 19.0 Å². The monoisotopic (exact) mass is 302 g/mol. The van der Waals surface area contributed by atoms with E-state index in [1.54, 1.807) is 29.6 Å². The second kappa shape index (κ2) is 6.10. The van der Waals surface area contributed by atoms with Crippen LogP contribution in [0.2, 0.25) is 0 Å². The molecule has 1 aliphatic rings. The zero-order valence-corrected chi connectivity index (χ0v) is 12.6. The van der Waals surface area contributed by atoms with Crippen molar-refractivity contribution in [1.29, 1.82) is 0 Å². The van der Waals surface area contributed by atoms with Gasteiger partial charge in [-0.05, 0) is 6.07 Å². The molecule has 1 fully saturated rings. The van der Waals surface area contributed by atoms with E-state index in [0.29, 0.717) is 25.4 Å². The first-order chi connectivity index (χ1) is 10.7. The molecule has 8 heteroatoms. The van der Waals surface area contributed by atoms with Gasteiger partial charge in [-0.1, -0.05) is 0 Å². The second-order valence-corrected chi connectivity index (χ2v) is 5.24. The summed E-state index contributed by atoms with van der Waals surface area (Å²) < 4.78 is 5.80. The maximum Gasteiger partial charge on any atom is 0.272 e. The van der Waals surface area contributed by atoms with Crippen molar-refractivity contribution in [2.45, 2.75) is 6.10 Å². The van der Waals surface area contributed by atoms with Gasteiger partial charge in [-0.2, -0.15) is 5.10 Å². The Morgan fingerprint density at radius 2 is 2.18 bits per heavy atom. The molecule has 1 atom stereocenters. The topological polar surface area (TPSA) is 87.2 Å². The lowest BCUT2D eigenvalue weighted by molar-refractivity contribution is -0.0248. The van der Waals surface area contributed by atoms with E-state index in [9.17, 15) is 4.79 Å². The molecule has 0 bridgehead atoms. The summed E-state index contributed by atoms with van der Waals surface area (Å²) in [6.07, 6.45) is 4.57. The molecule has 1 aliphatic heterocycles. The molecule has 3 rings (SSSR count). The van der Waals surface area contributed by atoms with Crippen molar-refractivity contribution in [3.8, 4) is 0 Å². The minimum absolute atomic E-state index is 0.0823. The van der Waals surface area contributed by atoms with Gasteiger partial charge in [0, 0.05) is 39.2 Å². The maximum absolute atomic E-state index is 12.4. The van der Waals surface area contributed by atoms with Crippen LogP contribution in [0.1, 0.15) is 22.3 Å². The SMILES string of the molecule is CN(C)c1nccnc1C1CN(C(=O)c2ccn[nH]2)CCO1. The fraction of sp³-hybridized carbons (Fsp3) is 0.429. The number of morpholine rings is 1. The molecule has 0 saturated carbocycles. The molecule has 0 radical (unpaired) electrons. The third-order valence-electron chi connectivity index (χ3n) is 3.52. The first kappa shape index (κ1) is 14.5. The van der Waals surface area contributed by atoms with E-state index >= 15 is 0 Å². The molecule has 22 heavy (non-hydrogen) atoms. The Kier molecular flexibility index (Phi) is 4.01. The number of aromatic amines is 1. The number of hydrogen-bond donors (Lipinski definition) is 1. The van der Waals surface area contributed by atoms with Crippen LogP contribution in [-0.4, -0.2) is 64.8 Å². The average molecular weight is 302 g/mol. The van der Waals surface area contributed by atoms with Crippen molar-refractivity contribution >= 4 is 11.7 Å². The third kappa shape index (κ3) is 2.77. The van der Waals surface area contributed by atoms with Crippen LogP contribution in [0.3, 0.4) is 0 Å². The number of ether oxygens (including phenoxy) is 1. The Labute approximate surface area is 128 Å². The Morgan fingerprint density at radius 1 is 1.36 bits per heavy atom. The number of nitrogens with zero attached hydrogens (tertiary/aromatic N) is 5. The highest BCUT2D eigenvalue weighted by atomic mass is 16.5. The van der Waals surface area contributed by atoms with Crippen molar-refractivity contribution in [3.63, 3.8) is 0 Å². The number of anilines is 1. The fourth-order valence-corrected chi connectivity index (χ4v) is 2.46. The number of nitrogens with one attached hydrogen (secondary N) is 1. The molecule has 116 valence electrons. The van der Waals surface area contributed by atoms with E-state index in [1.165, 1.54) is 0 Å². The zero-order chi connectivity index (χ0) is 15.5. The van der Waals surface area contributed by atoms with E-state index < -0.39 is 0 Å². The summed E-state index contributed by atoms with van der Waals surface area (Å²) in [5.41, 5.74) is 1.22. The Morgan fingerprint density at radius 3 is 2.91 bits per heavy atom. The normalized spacial score (nSPS) is 18.3. The molecule has 0 spiro atoms. The molecule has 2 aromatic rings. The van der Waals surface area contributed by atoms with E-state index in [2.05, 4.69) is 20.2 Å². The largest absolute Gasteiger partial charge is 0.368 e. The summed E-state index contributed by atoms with van der Waals surface area (Å²) in [5.74, 6) is 0.671. The highest BCUT2D eigenvalue weighted by molar-refractivity contribution is 5.92. The highest BCUT2D eigenvalue weighted by Crippen LogP contribution is 2.26. The first-order valence-corrected chi connectivity index (χ1v) is 7.05. The standard InChI is InChI=1S/C14H18N6O2/c1-19(2)13-12(15-5-6-16-13)11-9-20(7-8-22-11)14(21)10-3-4-17-18-10/h3-6,11H,7-9H2,1-2H3,(H,17,18). The number of H-pyrrole nitrogens is 1. The van der Waals surface area contributed by atoms with Crippen LogP contribution in [0.25, 0.3) is 0 Å². The second-order valence-electron chi connectivity index (χ2n) is 5.24. The minimum atomic E-state index is -0.285. The van der Waals surface area contributed by atoms with Gasteiger partial charge in [0.05, 0.1) is 13.2 Å². The van der Waals surface area contributed by atoms with Gasteiger partial charge < -0.3 is 14.5 Å². The van der Waals surface area contributed by atoms with Gasteiger partial charge >= 0.3 is 0 Å². The van der Waals surface area contributed by atoms with Crippen LogP contribution in [0.4, 0.5) is 5.82 Å². The first-order valence-electron chi connectivity index (χ1n) is 7.05. The predicted octanol–water partition coefficient (Wildman–Crippen LogP) is 0.479. The van der Waals surface area contributed by atoms with Gasteiger partial charge in [0.15, 0.2) is 5.82 Å². The quantitative estimate of drug-likeness (QED) is 0.887. The molecule has 8 nitrogen and oxygen atoms in total. The van der Waals surface area contributed by atoms with Crippen molar-refractivity contribution < 1.29 is 9.53 Å². The predicted molar refractivity (Wildman–Crippen MR) is 79.5 cm³/mol. The van der Waals surface area contributed by atoms with Crippen molar-refractivity contribution in [3.05, 3.63) is 36.0 Å². The van der Waals surface area contributed by atoms with Crippen LogP contribution < -0.4 is 4.90 Å². The molecule has 1 amide bonds. The van der Waals surface area contributed by atoms with Gasteiger partial charge in [-0.15, -0.1) is 0 Å². The number of carbonyl (C=O) groups excluding carboxylic acids is 1. The molecule has 1 saturated heterocycles. The third-order valence-corrected chi connectivity index (χ3v) is 3.52. The van der Waals surface area contributed by atoms with Crippen LogP contribution in [0.5, 0.6) is 0 Å². The lowest BCUT2D eigenvalue weighted by atomic mass is 10.2. The maximum atomic E-state index is 12.4. The molecule has 3 heterocycles. The highest BCUT2D eigenvalue weighted by Gasteiger charge is 2.29. The Balaban J connectivity index is 1.80. The summed E-state index contributed by atoms with van der Waals surface area (Å²) in [6, 6.07) is 1.67. The van der Waals surface area contributed by atoms with Gasteiger partial charge in [0.2, 0.25) is 0 Å². The number of aromatic nitrogens is 4. The smallest absolute Gasteiger partial charge is 0.272 e. The van der Waals surface area contributed by atoms with Crippen LogP contribution in [-0.2, 0) is 4.74 Å². The van der Waals surface area contributed by atoms with Gasteiger partial charge in [-0.25, -0.2) is 4.98 Å². The summed E-state index contributed by atoms with van der Waals surface area (Å²) in [7, 11) is 3.81. The molecule has 2 aromatic heterocycles. The summed E-state index contributed by atoms with van der Waals surface area (Å²) in [4.78, 5) is 24.8. The van der Waals surface area contributed by atoms with Crippen LogP contribution in [0, 0.1) is 0 Å². The fourth-order valence-electron chi connectivity index (χ4n) is 2.46. The lowest BCUT2D eigenvalue weighted by Gasteiger charge is -2.33. The molecule has 0 aliphatic carbocycles. The Bertz CT molecular complexity index is 643. The minimum Gasteiger partial charge on any atom is -0.368 e. The van der Waals surface area contributed by atoms with Gasteiger partial charge in [-0.3, -0.25) is 14.9 Å². The summed E-state index contributed by atoms with van der Waals surface area (Å²) in [5, 5.41) is 6.52. The van der Waals surface area contributed by atoms with Crippen molar-refractivity contribution in [2.24, 2.45) is 0 Å². The van der Waals surface area contributed by atoms with Crippen LogP contribution in [0.15, 0.2) is 24.7 Å². The molecule has 1 N–H and O–H groups in total. The van der Waals surface area contributed by atoms with Gasteiger partial charge in [0.1, 0.15) is 17.5 Å². The van der Waals surface area contributed by atoms with Gasteiger partial charge in [0.25, 0.3) is 5.91 Å². The van der Waals surface area contributed by atoms with E-state index in [-0.39, 0.29) is 12.0 Å². The number of hydrogen-bond acceptors (Lipinski definition) is 6. The molecule has 1 unspecified atom stereocenters. The number of carbonyl (C=O) groups is 1. The lowest BCUT2D eigenvalue weighted by Crippen LogP contribution is -2.43. The molecular weight excluding hydrogens is 284 g/mol. The van der Waals surface area contributed by atoms with Crippen molar-refractivity contribution in [2.75, 3.05) is 38.7 Å².